The van der Waals surface area contributed by atoms with Crippen LogP contribution < -0.4 is 10.6 Å². The Morgan fingerprint density at radius 1 is 1.10 bits per heavy atom. The van der Waals surface area contributed by atoms with E-state index >= 15 is 0 Å². The largest absolute Gasteiger partial charge is 0.388 e. The molecule has 1 aliphatic rings. The third-order valence-electron chi connectivity index (χ3n) is 5.28. The average Bonchev–Trinajstić information content (AvgIpc) is 2.73. The molecular weight excluding hydrogens is 386 g/mol. The van der Waals surface area contributed by atoms with E-state index in [-0.39, 0.29) is 17.7 Å². The van der Waals surface area contributed by atoms with Crippen molar-refractivity contribution in [1.29, 1.82) is 0 Å². The van der Waals surface area contributed by atoms with Gasteiger partial charge in [-0.15, -0.1) is 0 Å². The molecule has 0 saturated heterocycles. The summed E-state index contributed by atoms with van der Waals surface area (Å²) in [7, 11) is 0. The summed E-state index contributed by atoms with van der Waals surface area (Å²) < 4.78 is 25.3. The van der Waals surface area contributed by atoms with Gasteiger partial charge in [-0.05, 0) is 49.3 Å². The molecule has 0 fully saturated rings. The number of hydrogen-bond acceptors (Lipinski definition) is 3. The normalized spacial score (nSPS) is 17.9. The van der Waals surface area contributed by atoms with Gasteiger partial charge in [-0.25, -0.2) is 8.78 Å². The van der Waals surface area contributed by atoms with E-state index in [0.29, 0.717) is 11.8 Å². The number of halogens is 2. The summed E-state index contributed by atoms with van der Waals surface area (Å²) in [5.41, 5.74) is 2.90. The number of carbonyl (C=O) groups is 2. The molecule has 0 spiro atoms. The first-order valence-corrected chi connectivity index (χ1v) is 10.8. The van der Waals surface area contributed by atoms with Crippen LogP contribution in [0.4, 0.5) is 8.78 Å². The first-order valence-electron chi connectivity index (χ1n) is 10.8. The van der Waals surface area contributed by atoms with E-state index in [4.69, 9.17) is 0 Å². The van der Waals surface area contributed by atoms with Gasteiger partial charge in [-0.2, -0.15) is 0 Å². The number of rotatable bonds is 10. The van der Waals surface area contributed by atoms with E-state index in [2.05, 4.69) is 17.6 Å². The van der Waals surface area contributed by atoms with Gasteiger partial charge in [0.05, 0.1) is 5.57 Å². The second-order valence-corrected chi connectivity index (χ2v) is 7.64. The Morgan fingerprint density at radius 3 is 2.43 bits per heavy atom. The lowest BCUT2D eigenvalue weighted by Gasteiger charge is -2.18. The van der Waals surface area contributed by atoms with Crippen LogP contribution in [0.3, 0.4) is 0 Å². The van der Waals surface area contributed by atoms with E-state index in [9.17, 15) is 18.4 Å². The van der Waals surface area contributed by atoms with Gasteiger partial charge in [-0.1, -0.05) is 50.5 Å². The van der Waals surface area contributed by atoms with Crippen LogP contribution in [0.5, 0.6) is 0 Å². The molecule has 0 atom stereocenters. The molecule has 0 bridgehead atoms. The van der Waals surface area contributed by atoms with Crippen LogP contribution >= 0.6 is 0 Å². The van der Waals surface area contributed by atoms with Crippen molar-refractivity contribution in [1.82, 2.24) is 10.6 Å². The summed E-state index contributed by atoms with van der Waals surface area (Å²) in [6, 6.07) is 5.80. The van der Waals surface area contributed by atoms with Crippen molar-refractivity contribution in [3.8, 4) is 0 Å². The van der Waals surface area contributed by atoms with E-state index < -0.39 is 12.3 Å². The standard InChI is InChI=1S/C24H32F2N2O2/c1-2-3-14-27-22-9-7-5-4-6-8-20(22)15-21(17-29)24(30)28-16-18-10-12-19(13-11-18)23(25)26/h10-13,15,17,23,27H,2-9,14,16H2,1H3,(H,28,30)/b21-15+,22-20-. The summed E-state index contributed by atoms with van der Waals surface area (Å²) >= 11 is 0. The van der Waals surface area contributed by atoms with Gasteiger partial charge in [0.15, 0.2) is 6.29 Å². The molecule has 1 amide bonds. The first-order chi connectivity index (χ1) is 14.5. The predicted molar refractivity (Wildman–Crippen MR) is 115 cm³/mol. The van der Waals surface area contributed by atoms with Gasteiger partial charge in [0.1, 0.15) is 0 Å². The maximum absolute atomic E-state index is 12.6. The topological polar surface area (TPSA) is 58.2 Å². The quantitative estimate of drug-likeness (QED) is 0.177. The molecule has 6 heteroatoms. The van der Waals surface area contributed by atoms with Gasteiger partial charge in [0, 0.05) is 24.4 Å². The summed E-state index contributed by atoms with van der Waals surface area (Å²) in [6.45, 7) is 3.21. The molecule has 0 radical (unpaired) electrons. The zero-order chi connectivity index (χ0) is 21.8. The van der Waals surface area contributed by atoms with Crippen molar-refractivity contribution in [2.45, 2.75) is 71.3 Å². The number of allylic oxidation sites excluding steroid dienone is 3. The van der Waals surface area contributed by atoms with Crippen LogP contribution in [0.15, 0.2) is 47.2 Å². The number of aldehydes is 1. The van der Waals surface area contributed by atoms with Crippen LogP contribution in [-0.4, -0.2) is 18.7 Å². The molecule has 2 rings (SSSR count). The predicted octanol–water partition coefficient (Wildman–Crippen LogP) is 5.36. The van der Waals surface area contributed by atoms with Gasteiger partial charge in [0.25, 0.3) is 12.3 Å². The highest BCUT2D eigenvalue weighted by Crippen LogP contribution is 2.24. The van der Waals surface area contributed by atoms with Crippen LogP contribution in [0, 0.1) is 0 Å². The minimum Gasteiger partial charge on any atom is -0.388 e. The summed E-state index contributed by atoms with van der Waals surface area (Å²) in [6.07, 6.45) is 8.21. The Balaban J connectivity index is 2.09. The molecule has 1 aliphatic carbocycles. The Bertz CT molecular complexity index is 755. The van der Waals surface area contributed by atoms with Crippen molar-refractivity contribution in [2.75, 3.05) is 6.54 Å². The zero-order valence-corrected chi connectivity index (χ0v) is 17.7. The number of unbranched alkanes of at least 4 members (excludes halogenated alkanes) is 1. The second kappa shape index (κ2) is 12.9. The highest BCUT2D eigenvalue weighted by Gasteiger charge is 2.14. The highest BCUT2D eigenvalue weighted by molar-refractivity contribution is 6.10. The Morgan fingerprint density at radius 2 is 1.80 bits per heavy atom. The molecule has 0 aromatic heterocycles. The van der Waals surface area contributed by atoms with E-state index in [1.54, 1.807) is 18.2 Å². The van der Waals surface area contributed by atoms with E-state index in [0.717, 1.165) is 62.8 Å². The number of amides is 1. The molecular formula is C24H32F2N2O2. The highest BCUT2D eigenvalue weighted by atomic mass is 19.3. The average molecular weight is 419 g/mol. The molecule has 1 aromatic rings. The fourth-order valence-corrected chi connectivity index (χ4v) is 3.47. The SMILES string of the molecule is CCCCN/C1=C(\C=C(/C=O)C(=O)NCc2ccc(C(F)F)cc2)CCCCCC1. The van der Waals surface area contributed by atoms with Gasteiger partial charge >= 0.3 is 0 Å². The monoisotopic (exact) mass is 418 g/mol. The van der Waals surface area contributed by atoms with Crippen molar-refractivity contribution < 1.29 is 18.4 Å². The molecule has 0 unspecified atom stereocenters. The fourth-order valence-electron chi connectivity index (χ4n) is 3.47. The van der Waals surface area contributed by atoms with Crippen molar-refractivity contribution in [2.24, 2.45) is 0 Å². The smallest absolute Gasteiger partial charge is 0.263 e. The van der Waals surface area contributed by atoms with Crippen molar-refractivity contribution >= 4 is 12.2 Å². The van der Waals surface area contributed by atoms with Gasteiger partial charge in [0.2, 0.25) is 0 Å². The molecule has 1 aromatic carbocycles. The third kappa shape index (κ3) is 7.73. The third-order valence-corrected chi connectivity index (χ3v) is 5.28. The first kappa shape index (κ1) is 23.8. The zero-order valence-electron chi connectivity index (χ0n) is 17.7. The van der Waals surface area contributed by atoms with Crippen LogP contribution in [0.2, 0.25) is 0 Å². The Labute approximate surface area is 177 Å². The number of alkyl halides is 2. The molecule has 0 saturated carbocycles. The molecule has 2 N–H and O–H groups in total. The Kier molecular flexibility index (Phi) is 10.3. The van der Waals surface area contributed by atoms with Crippen molar-refractivity contribution in [3.05, 3.63) is 58.3 Å². The fraction of sp³-hybridized carbons (Fsp3) is 0.500. The maximum Gasteiger partial charge on any atom is 0.263 e. The van der Waals surface area contributed by atoms with Crippen LogP contribution in [0.1, 0.15) is 75.8 Å². The van der Waals surface area contributed by atoms with Crippen LogP contribution in [0.25, 0.3) is 0 Å². The summed E-state index contributed by atoms with van der Waals surface area (Å²) in [5, 5.41) is 6.22. The molecule has 164 valence electrons. The summed E-state index contributed by atoms with van der Waals surface area (Å²) in [5.74, 6) is -0.453. The second-order valence-electron chi connectivity index (χ2n) is 7.64. The number of benzene rings is 1. The molecule has 0 aliphatic heterocycles. The molecule has 30 heavy (non-hydrogen) atoms. The lowest BCUT2D eigenvalue weighted by atomic mass is 9.95. The lowest BCUT2D eigenvalue weighted by molar-refractivity contribution is -0.119. The van der Waals surface area contributed by atoms with Crippen LogP contribution in [-0.2, 0) is 16.1 Å². The van der Waals surface area contributed by atoms with Gasteiger partial charge < -0.3 is 10.6 Å². The van der Waals surface area contributed by atoms with Gasteiger partial charge in [-0.3, -0.25) is 9.59 Å². The molecule has 0 heterocycles. The van der Waals surface area contributed by atoms with E-state index in [1.165, 1.54) is 18.6 Å². The number of nitrogens with one attached hydrogen (secondary N) is 2. The lowest BCUT2D eigenvalue weighted by Crippen LogP contribution is -2.25. The van der Waals surface area contributed by atoms with E-state index in [1.807, 2.05) is 0 Å². The number of hydrogen-bond donors (Lipinski definition) is 2. The number of carbonyl (C=O) groups excluding carboxylic acids is 2. The maximum atomic E-state index is 12.6. The Hall–Kier alpha value is -2.50. The summed E-state index contributed by atoms with van der Waals surface area (Å²) in [4.78, 5) is 24.2. The minimum absolute atomic E-state index is 0.0575. The van der Waals surface area contributed by atoms with Crippen molar-refractivity contribution in [3.63, 3.8) is 0 Å². The molecule has 4 nitrogen and oxygen atoms in total. The minimum atomic E-state index is -2.52.